The fourth-order valence-corrected chi connectivity index (χ4v) is 1.92. The van der Waals surface area contributed by atoms with E-state index in [0.29, 0.717) is 19.3 Å². The molecular weight excluding hydrogens is 196 g/mol. The van der Waals surface area contributed by atoms with Crippen LogP contribution in [-0.2, 0) is 9.53 Å². The molecule has 1 saturated carbocycles. The number of rotatable bonds is 6. The van der Waals surface area contributed by atoms with Crippen molar-refractivity contribution in [2.75, 3.05) is 6.61 Å². The second kappa shape index (κ2) is 4.94. The Kier molecular flexibility index (Phi) is 4.11. The van der Waals surface area contributed by atoms with Crippen LogP contribution in [0.4, 0.5) is 0 Å². The Labute approximate surface area is 90.2 Å². The van der Waals surface area contributed by atoms with Gasteiger partial charge in [-0.05, 0) is 33.1 Å². The van der Waals surface area contributed by atoms with Gasteiger partial charge in [0.05, 0.1) is 24.2 Å². The smallest absolute Gasteiger partial charge is 0.309 e. The molecule has 88 valence electrons. The third kappa shape index (κ3) is 3.18. The number of ether oxygens (including phenoxy) is 1. The maximum Gasteiger partial charge on any atom is 0.309 e. The highest BCUT2D eigenvalue weighted by Gasteiger charge is 2.45. The zero-order chi connectivity index (χ0) is 11.5. The van der Waals surface area contributed by atoms with Gasteiger partial charge in [-0.3, -0.25) is 4.79 Å². The zero-order valence-electron chi connectivity index (χ0n) is 9.40. The second-order valence-corrected chi connectivity index (χ2v) is 4.68. The lowest BCUT2D eigenvalue weighted by Crippen LogP contribution is -2.41. The van der Waals surface area contributed by atoms with Gasteiger partial charge in [0.15, 0.2) is 0 Å². The van der Waals surface area contributed by atoms with E-state index in [2.05, 4.69) is 0 Å². The summed E-state index contributed by atoms with van der Waals surface area (Å²) in [6.45, 7) is 4.01. The molecule has 4 nitrogen and oxygen atoms in total. The molecule has 0 aromatic heterocycles. The first-order valence-corrected chi connectivity index (χ1v) is 5.49. The molecule has 1 rings (SSSR count). The Hall–Kier alpha value is -0.610. The molecule has 1 aliphatic rings. The minimum Gasteiger partial charge on any atom is -0.481 e. The highest BCUT2D eigenvalue weighted by molar-refractivity contribution is 5.75. The van der Waals surface area contributed by atoms with Crippen molar-refractivity contribution in [1.29, 1.82) is 0 Å². The fourth-order valence-electron chi connectivity index (χ4n) is 1.92. The van der Waals surface area contributed by atoms with Crippen molar-refractivity contribution in [2.45, 2.75) is 51.7 Å². The van der Waals surface area contributed by atoms with E-state index in [1.165, 1.54) is 0 Å². The van der Waals surface area contributed by atoms with E-state index in [9.17, 15) is 9.90 Å². The molecule has 0 spiro atoms. The topological polar surface area (TPSA) is 66.8 Å². The molecule has 1 atom stereocenters. The van der Waals surface area contributed by atoms with Gasteiger partial charge in [0.25, 0.3) is 0 Å². The molecule has 1 unspecified atom stereocenters. The summed E-state index contributed by atoms with van der Waals surface area (Å²) in [5.74, 6) is -0.780. The standard InChI is InChI=1S/C11H20O4/c1-8(2)15-7-9(12)6-11(10(13)14)4-3-5-11/h8-9,12H,3-7H2,1-2H3,(H,13,14). The van der Waals surface area contributed by atoms with E-state index < -0.39 is 17.5 Å². The Morgan fingerprint density at radius 1 is 1.47 bits per heavy atom. The van der Waals surface area contributed by atoms with E-state index in [0.717, 1.165) is 6.42 Å². The third-order valence-corrected chi connectivity index (χ3v) is 3.01. The second-order valence-electron chi connectivity index (χ2n) is 4.68. The maximum atomic E-state index is 11.0. The first-order chi connectivity index (χ1) is 6.96. The van der Waals surface area contributed by atoms with Crippen LogP contribution in [0.1, 0.15) is 39.5 Å². The van der Waals surface area contributed by atoms with E-state index in [-0.39, 0.29) is 12.7 Å². The molecule has 1 aliphatic carbocycles. The minimum atomic E-state index is -0.780. The predicted octanol–water partition coefficient (Wildman–Crippen LogP) is 1.42. The molecule has 0 bridgehead atoms. The number of carboxylic acid groups (broad SMARTS) is 1. The Morgan fingerprint density at radius 3 is 2.40 bits per heavy atom. The van der Waals surface area contributed by atoms with Gasteiger partial charge in [-0.2, -0.15) is 0 Å². The predicted molar refractivity (Wildman–Crippen MR) is 55.6 cm³/mol. The van der Waals surface area contributed by atoms with E-state index in [4.69, 9.17) is 9.84 Å². The first kappa shape index (κ1) is 12.5. The lowest BCUT2D eigenvalue weighted by Gasteiger charge is -2.39. The zero-order valence-corrected chi connectivity index (χ0v) is 9.40. The summed E-state index contributed by atoms with van der Waals surface area (Å²) in [4.78, 5) is 11.0. The molecule has 2 N–H and O–H groups in total. The fraction of sp³-hybridized carbons (Fsp3) is 0.909. The number of hydrogen-bond donors (Lipinski definition) is 2. The first-order valence-electron chi connectivity index (χ1n) is 5.49. The van der Waals surface area contributed by atoms with Gasteiger partial charge >= 0.3 is 5.97 Å². The number of aliphatic carboxylic acids is 1. The van der Waals surface area contributed by atoms with E-state index in [1.807, 2.05) is 13.8 Å². The van der Waals surface area contributed by atoms with Crippen LogP contribution in [0.25, 0.3) is 0 Å². The quantitative estimate of drug-likeness (QED) is 0.704. The molecule has 0 radical (unpaired) electrons. The van der Waals surface area contributed by atoms with E-state index in [1.54, 1.807) is 0 Å². The van der Waals surface area contributed by atoms with Crippen molar-refractivity contribution in [3.63, 3.8) is 0 Å². The molecular formula is C11H20O4. The molecule has 0 aliphatic heterocycles. The van der Waals surface area contributed by atoms with Gasteiger partial charge in [0, 0.05) is 0 Å². The normalized spacial score (nSPS) is 21.1. The highest BCUT2D eigenvalue weighted by atomic mass is 16.5. The van der Waals surface area contributed by atoms with E-state index >= 15 is 0 Å². The molecule has 0 aromatic rings. The summed E-state index contributed by atoms with van der Waals surface area (Å²) in [7, 11) is 0. The van der Waals surface area contributed by atoms with Crippen LogP contribution in [0.5, 0.6) is 0 Å². The number of aliphatic hydroxyl groups excluding tert-OH is 1. The summed E-state index contributed by atoms with van der Waals surface area (Å²) in [5.41, 5.74) is -0.681. The van der Waals surface area contributed by atoms with Gasteiger partial charge < -0.3 is 14.9 Å². The summed E-state index contributed by atoms with van der Waals surface area (Å²) in [5, 5.41) is 18.7. The van der Waals surface area contributed by atoms with Crippen LogP contribution in [0.15, 0.2) is 0 Å². The summed E-state index contributed by atoms with van der Waals surface area (Å²) < 4.78 is 5.25. The van der Waals surface area contributed by atoms with Gasteiger partial charge in [-0.15, -0.1) is 0 Å². The van der Waals surface area contributed by atoms with Crippen LogP contribution < -0.4 is 0 Å². The summed E-state index contributed by atoms with van der Waals surface area (Å²) in [6, 6.07) is 0. The average Bonchev–Trinajstić information content (AvgIpc) is 2.07. The van der Waals surface area contributed by atoms with Gasteiger partial charge in [-0.1, -0.05) is 6.42 Å². The van der Waals surface area contributed by atoms with Crippen LogP contribution in [-0.4, -0.2) is 35.0 Å². The number of hydrogen-bond acceptors (Lipinski definition) is 3. The minimum absolute atomic E-state index is 0.0711. The van der Waals surface area contributed by atoms with Crippen molar-refractivity contribution in [1.82, 2.24) is 0 Å². The molecule has 0 heterocycles. The number of aliphatic hydroxyl groups is 1. The SMILES string of the molecule is CC(C)OCC(O)CC1(C(=O)O)CCC1. The van der Waals surface area contributed by atoms with Crippen molar-refractivity contribution in [3.8, 4) is 0 Å². The van der Waals surface area contributed by atoms with Crippen LogP contribution in [0, 0.1) is 5.41 Å². The Balaban J connectivity index is 2.35. The van der Waals surface area contributed by atoms with Gasteiger partial charge in [-0.25, -0.2) is 0 Å². The number of carbonyl (C=O) groups is 1. The van der Waals surface area contributed by atoms with Gasteiger partial charge in [0.1, 0.15) is 0 Å². The largest absolute Gasteiger partial charge is 0.481 e. The van der Waals surface area contributed by atoms with Crippen molar-refractivity contribution in [3.05, 3.63) is 0 Å². The lowest BCUT2D eigenvalue weighted by atomic mass is 9.65. The Bertz CT molecular complexity index is 221. The van der Waals surface area contributed by atoms with Crippen molar-refractivity contribution < 1.29 is 19.7 Å². The summed E-state index contributed by atoms with van der Waals surface area (Å²) in [6.07, 6.45) is 2.03. The van der Waals surface area contributed by atoms with Crippen molar-refractivity contribution in [2.24, 2.45) is 5.41 Å². The van der Waals surface area contributed by atoms with Crippen LogP contribution in [0.2, 0.25) is 0 Å². The molecule has 0 saturated heterocycles. The molecule has 0 aromatic carbocycles. The summed E-state index contributed by atoms with van der Waals surface area (Å²) >= 11 is 0. The maximum absolute atomic E-state index is 11.0. The molecule has 4 heteroatoms. The van der Waals surface area contributed by atoms with Crippen molar-refractivity contribution >= 4 is 5.97 Å². The highest BCUT2D eigenvalue weighted by Crippen LogP contribution is 2.45. The Morgan fingerprint density at radius 2 is 2.07 bits per heavy atom. The average molecular weight is 216 g/mol. The van der Waals surface area contributed by atoms with Crippen LogP contribution >= 0.6 is 0 Å². The molecule has 15 heavy (non-hydrogen) atoms. The monoisotopic (exact) mass is 216 g/mol. The lowest BCUT2D eigenvalue weighted by molar-refractivity contribution is -0.158. The number of carboxylic acids is 1. The van der Waals surface area contributed by atoms with Crippen LogP contribution in [0.3, 0.4) is 0 Å². The third-order valence-electron chi connectivity index (χ3n) is 3.01. The van der Waals surface area contributed by atoms with Gasteiger partial charge in [0.2, 0.25) is 0 Å². The molecule has 1 fully saturated rings. The molecule has 0 amide bonds.